The number of amides is 1. The van der Waals surface area contributed by atoms with E-state index in [0.29, 0.717) is 5.02 Å². The number of carbonyl (C=O) groups is 1. The van der Waals surface area contributed by atoms with E-state index in [1.807, 2.05) is 45.0 Å². The molecule has 2 rings (SSSR count). The van der Waals surface area contributed by atoms with Crippen LogP contribution in [0, 0.1) is 0 Å². The number of hydrogen-bond donors (Lipinski definition) is 1. The molecule has 1 aromatic carbocycles. The predicted octanol–water partition coefficient (Wildman–Crippen LogP) is 5.85. The fraction of sp³-hybridized carbons (Fsp3) is 0.650. The second kappa shape index (κ2) is 7.91. The normalized spacial score (nSPS) is 24.2. The molecule has 0 bridgehead atoms. The van der Waals surface area contributed by atoms with Crippen LogP contribution >= 0.6 is 11.6 Å². The van der Waals surface area contributed by atoms with Crippen LogP contribution in [0.3, 0.4) is 0 Å². The minimum Gasteiger partial charge on any atom is -0.444 e. The molecule has 0 radical (unpaired) electrons. The molecular formula is C20H32ClNO3Si. The van der Waals surface area contributed by atoms with E-state index in [1.165, 1.54) is 0 Å². The molecule has 0 aliphatic heterocycles. The summed E-state index contributed by atoms with van der Waals surface area (Å²) in [7, 11) is -1.82. The molecule has 6 heteroatoms. The predicted molar refractivity (Wildman–Crippen MR) is 109 cm³/mol. The lowest BCUT2D eigenvalue weighted by Crippen LogP contribution is -2.59. The summed E-state index contributed by atoms with van der Waals surface area (Å²) >= 11 is 6.56. The van der Waals surface area contributed by atoms with Gasteiger partial charge in [0.1, 0.15) is 5.60 Å². The second-order valence-electron chi connectivity index (χ2n) is 9.04. The van der Waals surface area contributed by atoms with Crippen molar-refractivity contribution in [2.75, 3.05) is 0 Å². The average Bonchev–Trinajstić information content (AvgIpc) is 2.46. The Balaban J connectivity index is 2.46. The number of halogens is 1. The van der Waals surface area contributed by atoms with Gasteiger partial charge in [-0.3, -0.25) is 0 Å². The van der Waals surface area contributed by atoms with Gasteiger partial charge in [-0.1, -0.05) is 42.6 Å². The van der Waals surface area contributed by atoms with Gasteiger partial charge in [-0.25, -0.2) is 4.79 Å². The van der Waals surface area contributed by atoms with Gasteiger partial charge in [0.25, 0.3) is 0 Å². The standard InChI is InChI=1S/C20H32ClNO3Si/c1-19(2,3)24-18(23)22-20(15-11-7-8-12-16(15)21)14-10-9-13-17(20)25-26(4,5)6/h7-8,11-12,17H,9-10,13-14H2,1-6H3,(H,22,23)/t17?,20-/m0/s1. The molecule has 0 spiro atoms. The number of benzene rings is 1. The molecule has 1 aliphatic rings. The van der Waals surface area contributed by atoms with Crippen molar-refractivity contribution < 1.29 is 14.0 Å². The Labute approximate surface area is 163 Å². The van der Waals surface area contributed by atoms with Crippen LogP contribution in [0.5, 0.6) is 0 Å². The Bertz CT molecular complexity index is 639. The third kappa shape index (κ3) is 5.48. The molecule has 2 atom stereocenters. The highest BCUT2D eigenvalue weighted by Crippen LogP contribution is 2.43. The molecule has 4 nitrogen and oxygen atoms in total. The molecule has 146 valence electrons. The van der Waals surface area contributed by atoms with Gasteiger partial charge < -0.3 is 14.5 Å². The first-order valence-corrected chi connectivity index (χ1v) is 13.2. The zero-order valence-electron chi connectivity index (χ0n) is 16.8. The van der Waals surface area contributed by atoms with E-state index >= 15 is 0 Å². The van der Waals surface area contributed by atoms with Crippen molar-refractivity contribution in [3.8, 4) is 0 Å². The van der Waals surface area contributed by atoms with Gasteiger partial charge in [0.05, 0.1) is 11.6 Å². The van der Waals surface area contributed by atoms with Crippen molar-refractivity contribution >= 4 is 26.0 Å². The van der Waals surface area contributed by atoms with Gasteiger partial charge in [0.2, 0.25) is 0 Å². The zero-order chi connectivity index (χ0) is 19.6. The summed E-state index contributed by atoms with van der Waals surface area (Å²) in [6.45, 7) is 12.1. The summed E-state index contributed by atoms with van der Waals surface area (Å²) in [4.78, 5) is 12.7. The van der Waals surface area contributed by atoms with Crippen LogP contribution < -0.4 is 5.32 Å². The third-order valence-electron chi connectivity index (χ3n) is 4.41. The summed E-state index contributed by atoms with van der Waals surface area (Å²) in [5.74, 6) is 0. The van der Waals surface area contributed by atoms with E-state index in [0.717, 1.165) is 31.2 Å². The summed E-state index contributed by atoms with van der Waals surface area (Å²) in [6, 6.07) is 7.73. The van der Waals surface area contributed by atoms with Gasteiger partial charge in [0.15, 0.2) is 8.32 Å². The maximum absolute atomic E-state index is 12.7. The number of carbonyl (C=O) groups excluding carboxylic acids is 1. The van der Waals surface area contributed by atoms with Crippen LogP contribution in [0.4, 0.5) is 4.79 Å². The maximum atomic E-state index is 12.7. The number of ether oxygens (including phenoxy) is 1. The van der Waals surface area contributed by atoms with E-state index < -0.39 is 25.6 Å². The number of alkyl carbamates (subject to hydrolysis) is 1. The summed E-state index contributed by atoms with van der Waals surface area (Å²) in [5, 5.41) is 3.82. The van der Waals surface area contributed by atoms with Crippen molar-refractivity contribution in [3.05, 3.63) is 34.9 Å². The minimum absolute atomic E-state index is 0.115. The molecule has 1 N–H and O–H groups in total. The molecule has 1 saturated carbocycles. The van der Waals surface area contributed by atoms with Crippen LogP contribution in [0.25, 0.3) is 0 Å². The van der Waals surface area contributed by atoms with Crippen molar-refractivity contribution in [1.29, 1.82) is 0 Å². The van der Waals surface area contributed by atoms with Crippen LogP contribution in [-0.2, 0) is 14.7 Å². The van der Waals surface area contributed by atoms with Crippen LogP contribution in [-0.4, -0.2) is 26.1 Å². The minimum atomic E-state index is -1.82. The lowest BCUT2D eigenvalue weighted by atomic mass is 9.74. The Morgan fingerprint density at radius 3 is 2.46 bits per heavy atom. The fourth-order valence-electron chi connectivity index (χ4n) is 3.55. The molecule has 1 amide bonds. The molecule has 1 aliphatic carbocycles. The molecule has 1 unspecified atom stereocenters. The Hall–Kier alpha value is -1.04. The largest absolute Gasteiger partial charge is 0.444 e. The van der Waals surface area contributed by atoms with Crippen molar-refractivity contribution in [2.24, 2.45) is 0 Å². The first kappa shape index (κ1) is 21.3. The molecule has 0 aromatic heterocycles. The highest BCUT2D eigenvalue weighted by atomic mass is 35.5. The molecule has 26 heavy (non-hydrogen) atoms. The SMILES string of the molecule is CC(C)(C)OC(=O)N[C@]1(c2ccccc2Cl)CCCCC1O[Si](C)(C)C. The van der Waals surface area contributed by atoms with Gasteiger partial charge in [0, 0.05) is 5.02 Å². The molecule has 0 heterocycles. The van der Waals surface area contributed by atoms with E-state index in [1.54, 1.807) is 0 Å². The topological polar surface area (TPSA) is 47.6 Å². The van der Waals surface area contributed by atoms with E-state index in [4.69, 9.17) is 20.8 Å². The first-order valence-electron chi connectivity index (χ1n) is 9.37. The van der Waals surface area contributed by atoms with Crippen LogP contribution in [0.2, 0.25) is 24.7 Å². The van der Waals surface area contributed by atoms with Gasteiger partial charge in [-0.05, 0) is 64.9 Å². The van der Waals surface area contributed by atoms with Crippen molar-refractivity contribution in [3.63, 3.8) is 0 Å². The highest BCUT2D eigenvalue weighted by molar-refractivity contribution is 6.69. The first-order chi connectivity index (χ1) is 11.9. The van der Waals surface area contributed by atoms with E-state index in [-0.39, 0.29) is 6.10 Å². The number of hydrogen-bond acceptors (Lipinski definition) is 3. The van der Waals surface area contributed by atoms with Crippen molar-refractivity contribution in [2.45, 2.75) is 83.3 Å². The van der Waals surface area contributed by atoms with E-state index in [2.05, 4.69) is 25.0 Å². The fourth-order valence-corrected chi connectivity index (χ4v) is 5.03. The van der Waals surface area contributed by atoms with Crippen molar-refractivity contribution in [1.82, 2.24) is 5.32 Å². The maximum Gasteiger partial charge on any atom is 0.408 e. The lowest BCUT2D eigenvalue weighted by Gasteiger charge is -2.47. The Kier molecular flexibility index (Phi) is 6.47. The van der Waals surface area contributed by atoms with Gasteiger partial charge >= 0.3 is 6.09 Å². The quantitative estimate of drug-likeness (QED) is 0.647. The molecular weight excluding hydrogens is 366 g/mol. The van der Waals surface area contributed by atoms with Gasteiger partial charge in [-0.15, -0.1) is 0 Å². The van der Waals surface area contributed by atoms with Crippen LogP contribution in [0.15, 0.2) is 24.3 Å². The number of nitrogens with one attached hydrogen (secondary N) is 1. The van der Waals surface area contributed by atoms with Crippen LogP contribution in [0.1, 0.15) is 52.0 Å². The highest BCUT2D eigenvalue weighted by Gasteiger charge is 2.47. The smallest absolute Gasteiger partial charge is 0.408 e. The summed E-state index contributed by atoms with van der Waals surface area (Å²) in [5.41, 5.74) is -0.315. The van der Waals surface area contributed by atoms with E-state index in [9.17, 15) is 4.79 Å². The molecule has 1 aromatic rings. The monoisotopic (exact) mass is 397 g/mol. The molecule has 1 fully saturated rings. The summed E-state index contributed by atoms with van der Waals surface area (Å²) < 4.78 is 12.1. The Morgan fingerprint density at radius 1 is 1.23 bits per heavy atom. The average molecular weight is 398 g/mol. The third-order valence-corrected chi connectivity index (χ3v) is 5.73. The Morgan fingerprint density at radius 2 is 1.88 bits per heavy atom. The molecule has 0 saturated heterocycles. The zero-order valence-corrected chi connectivity index (χ0v) is 18.6. The second-order valence-corrected chi connectivity index (χ2v) is 13.9. The van der Waals surface area contributed by atoms with Gasteiger partial charge in [-0.2, -0.15) is 0 Å². The lowest BCUT2D eigenvalue weighted by molar-refractivity contribution is 0.00852. The summed E-state index contributed by atoms with van der Waals surface area (Å²) in [6.07, 6.45) is 3.22. The number of rotatable bonds is 4.